The zero-order valence-electron chi connectivity index (χ0n) is 2.38. The van der Waals surface area contributed by atoms with E-state index in [-0.39, 0.29) is 37.7 Å². The van der Waals surface area contributed by atoms with Gasteiger partial charge in [-0.25, -0.2) is 0 Å². The standard InChI is InChI=1S/C2HN2O.Ca.2H/c1-3-4-2-5-1;;;/h1H;;;. The van der Waals surface area contributed by atoms with Crippen molar-refractivity contribution >= 4 is 37.7 Å². The first kappa shape index (κ1) is 6.40. The van der Waals surface area contributed by atoms with Crippen molar-refractivity contribution in [3.63, 3.8) is 0 Å². The monoisotopic (exact) mass is 111 g/mol. The smallest absolute Gasteiger partial charge is 0.305 e. The Balaban J connectivity index is 0.000000250. The van der Waals surface area contributed by atoms with E-state index in [9.17, 15) is 0 Å². The van der Waals surface area contributed by atoms with Gasteiger partial charge in [-0.1, -0.05) is 0 Å². The topological polar surface area (TPSA) is 38.9 Å². The van der Waals surface area contributed by atoms with Crippen LogP contribution in [-0.4, -0.2) is 47.9 Å². The number of aromatic nitrogens is 2. The number of nitrogens with zero attached hydrogens (tertiary/aromatic N) is 2. The maximum Gasteiger partial charge on any atom is 0.305 e. The minimum Gasteiger partial charge on any atom is -0.420 e. The molecule has 0 saturated carbocycles. The summed E-state index contributed by atoms with van der Waals surface area (Å²) < 4.78 is 4.24. The van der Waals surface area contributed by atoms with Crippen molar-refractivity contribution < 1.29 is 4.42 Å². The molecular formula is C2H3CaN2O. The van der Waals surface area contributed by atoms with Crippen molar-refractivity contribution in [2.45, 2.75) is 0 Å². The SMILES string of the molecule is [CaH2].[c]1nnco1. The van der Waals surface area contributed by atoms with Crippen LogP contribution in [0.25, 0.3) is 0 Å². The predicted molar refractivity (Wildman–Crippen MR) is 21.7 cm³/mol. The Labute approximate surface area is 64.7 Å². The van der Waals surface area contributed by atoms with Gasteiger partial charge in [0, 0.05) is 0 Å². The molecule has 0 unspecified atom stereocenters. The molecule has 0 aliphatic rings. The summed E-state index contributed by atoms with van der Waals surface area (Å²) in [7, 11) is 0. The van der Waals surface area contributed by atoms with Crippen LogP contribution < -0.4 is 0 Å². The summed E-state index contributed by atoms with van der Waals surface area (Å²) in [6.07, 6.45) is 3.33. The maximum atomic E-state index is 4.24. The van der Waals surface area contributed by atoms with E-state index in [1.807, 2.05) is 0 Å². The normalized spacial score (nSPS) is 6.67. The zero-order valence-corrected chi connectivity index (χ0v) is 2.38. The van der Waals surface area contributed by atoms with Crippen molar-refractivity contribution in [1.29, 1.82) is 0 Å². The van der Waals surface area contributed by atoms with Crippen molar-refractivity contribution in [1.82, 2.24) is 10.2 Å². The van der Waals surface area contributed by atoms with Crippen LogP contribution in [0.15, 0.2) is 10.8 Å². The van der Waals surface area contributed by atoms with Crippen LogP contribution >= 0.6 is 0 Å². The molecule has 0 aromatic carbocycles. The van der Waals surface area contributed by atoms with Crippen LogP contribution in [0.1, 0.15) is 0 Å². The molecule has 4 heteroatoms. The first-order valence-corrected chi connectivity index (χ1v) is 1.12. The molecule has 0 saturated heterocycles. The molecule has 29 valence electrons. The van der Waals surface area contributed by atoms with Gasteiger partial charge in [0.15, 0.2) is 0 Å². The fourth-order valence-corrected chi connectivity index (χ4v) is 0.118. The van der Waals surface area contributed by atoms with Crippen LogP contribution in [0.4, 0.5) is 0 Å². The second-order valence-electron chi connectivity index (χ2n) is 0.530. The molecule has 3 nitrogen and oxygen atoms in total. The molecule has 1 aromatic rings. The molecule has 1 heterocycles. The molecule has 1 rings (SSSR count). The zero-order chi connectivity index (χ0) is 3.54. The summed E-state index contributed by atoms with van der Waals surface area (Å²) in [6.45, 7) is 0. The summed E-state index contributed by atoms with van der Waals surface area (Å²) in [5, 5.41) is 6.43. The van der Waals surface area contributed by atoms with Crippen LogP contribution in [0.2, 0.25) is 0 Å². The van der Waals surface area contributed by atoms with E-state index in [1.54, 1.807) is 0 Å². The van der Waals surface area contributed by atoms with Gasteiger partial charge in [0.25, 0.3) is 0 Å². The minimum atomic E-state index is 0. The average molecular weight is 111 g/mol. The molecule has 0 aliphatic heterocycles. The van der Waals surface area contributed by atoms with Crippen molar-refractivity contribution in [2.75, 3.05) is 0 Å². The Morgan fingerprint density at radius 1 is 1.67 bits per heavy atom. The Morgan fingerprint density at radius 2 is 2.50 bits per heavy atom. The molecule has 0 amide bonds. The molecule has 0 atom stereocenters. The van der Waals surface area contributed by atoms with Gasteiger partial charge in [-0.05, 0) is 0 Å². The molecule has 1 radical (unpaired) electrons. The van der Waals surface area contributed by atoms with Crippen LogP contribution in [0, 0.1) is 6.39 Å². The number of hydrogen-bond donors (Lipinski definition) is 0. The van der Waals surface area contributed by atoms with E-state index >= 15 is 0 Å². The molecule has 0 fully saturated rings. The second kappa shape index (κ2) is 3.58. The van der Waals surface area contributed by atoms with Gasteiger partial charge in [-0.15, -0.1) is 10.2 Å². The fourth-order valence-electron chi connectivity index (χ4n) is 0.118. The molecule has 0 N–H and O–H groups in total. The van der Waals surface area contributed by atoms with E-state index in [2.05, 4.69) is 21.0 Å². The average Bonchev–Trinajstić information content (AvgIpc) is 1.76. The third-order valence-corrected chi connectivity index (χ3v) is 0.251. The molecule has 6 heavy (non-hydrogen) atoms. The Kier molecular flexibility index (Phi) is 3.82. The van der Waals surface area contributed by atoms with Gasteiger partial charge in [-0.3, -0.25) is 0 Å². The quantitative estimate of drug-likeness (QED) is 0.401. The Bertz CT molecular complexity index is 68.0. The van der Waals surface area contributed by atoms with E-state index in [4.69, 9.17) is 0 Å². The van der Waals surface area contributed by atoms with E-state index in [0.717, 1.165) is 0 Å². The third-order valence-electron chi connectivity index (χ3n) is 0.251. The summed E-state index contributed by atoms with van der Waals surface area (Å²) in [6, 6.07) is 0. The largest absolute Gasteiger partial charge is 0.420 e. The number of rotatable bonds is 0. The van der Waals surface area contributed by atoms with E-state index in [1.165, 1.54) is 6.39 Å². The maximum absolute atomic E-state index is 4.24. The third kappa shape index (κ3) is 1.74. The van der Waals surface area contributed by atoms with Gasteiger partial charge in [0.2, 0.25) is 6.39 Å². The minimum absolute atomic E-state index is 0. The molecule has 0 bridgehead atoms. The van der Waals surface area contributed by atoms with Gasteiger partial charge >= 0.3 is 44.1 Å². The second-order valence-corrected chi connectivity index (χ2v) is 0.530. The number of hydrogen-bond acceptors (Lipinski definition) is 3. The summed E-state index contributed by atoms with van der Waals surface area (Å²) in [5.74, 6) is 0. The first-order chi connectivity index (χ1) is 2.50. The molecular weight excluding hydrogens is 108 g/mol. The van der Waals surface area contributed by atoms with Crippen molar-refractivity contribution in [2.24, 2.45) is 0 Å². The summed E-state index contributed by atoms with van der Waals surface area (Å²) >= 11 is 0. The first-order valence-electron chi connectivity index (χ1n) is 1.12. The Hall–Kier alpha value is 0.400. The predicted octanol–water partition coefficient (Wildman–Crippen LogP) is -1.05. The van der Waals surface area contributed by atoms with Gasteiger partial charge < -0.3 is 4.42 Å². The molecule has 0 aliphatic carbocycles. The molecule has 0 spiro atoms. The fraction of sp³-hybridized carbons (Fsp3) is 0. The summed E-state index contributed by atoms with van der Waals surface area (Å²) in [4.78, 5) is 0. The van der Waals surface area contributed by atoms with Crippen molar-refractivity contribution in [3.05, 3.63) is 12.8 Å². The van der Waals surface area contributed by atoms with Crippen LogP contribution in [0.3, 0.4) is 0 Å². The van der Waals surface area contributed by atoms with Gasteiger partial charge in [-0.2, -0.15) is 0 Å². The van der Waals surface area contributed by atoms with Gasteiger partial charge in [0.05, 0.1) is 0 Å². The van der Waals surface area contributed by atoms with E-state index < -0.39 is 0 Å². The van der Waals surface area contributed by atoms with E-state index in [0.29, 0.717) is 0 Å². The van der Waals surface area contributed by atoms with Crippen molar-refractivity contribution in [3.8, 4) is 0 Å². The van der Waals surface area contributed by atoms with Crippen LogP contribution in [0.5, 0.6) is 0 Å². The van der Waals surface area contributed by atoms with Gasteiger partial charge in [0.1, 0.15) is 0 Å². The molecule has 1 aromatic heterocycles. The Morgan fingerprint density at radius 3 is 2.67 bits per heavy atom. The summed E-state index contributed by atoms with van der Waals surface area (Å²) in [5.41, 5.74) is 0. The van der Waals surface area contributed by atoms with Crippen LogP contribution in [-0.2, 0) is 0 Å².